The van der Waals surface area contributed by atoms with Crippen molar-refractivity contribution in [2.75, 3.05) is 5.32 Å². The Balaban J connectivity index is 2.12. The minimum atomic E-state index is -0.920. The quantitative estimate of drug-likeness (QED) is 0.887. The lowest BCUT2D eigenvalue weighted by atomic mass is 9.95. The smallest absolute Gasteiger partial charge is 0.307 e. The number of anilines is 1. The van der Waals surface area contributed by atoms with E-state index >= 15 is 0 Å². The fraction of sp³-hybridized carbons (Fsp3) is 0.462. The standard InChI is InChI=1S/C13H14N2O3S/c1-7-4-9(10(5-7)13(17)18)11(16)15-12-8(6-14)2-3-19-12/h2-3,7,9-10H,4-5H2,1H3,(H,15,16)(H,17,18). The summed E-state index contributed by atoms with van der Waals surface area (Å²) >= 11 is 1.27. The van der Waals surface area contributed by atoms with Gasteiger partial charge in [-0.25, -0.2) is 0 Å². The lowest BCUT2D eigenvalue weighted by Crippen LogP contribution is -2.29. The molecule has 5 nitrogen and oxygen atoms in total. The van der Waals surface area contributed by atoms with E-state index in [2.05, 4.69) is 5.32 Å². The first-order valence-corrected chi connectivity index (χ1v) is 6.92. The molecule has 0 aromatic carbocycles. The summed E-state index contributed by atoms with van der Waals surface area (Å²) in [5.74, 6) is -2.12. The molecule has 1 aromatic heterocycles. The van der Waals surface area contributed by atoms with Gasteiger partial charge in [-0.3, -0.25) is 9.59 Å². The van der Waals surface area contributed by atoms with Crippen molar-refractivity contribution >= 4 is 28.2 Å². The number of thiophene rings is 1. The van der Waals surface area contributed by atoms with E-state index in [1.165, 1.54) is 11.3 Å². The number of rotatable bonds is 3. The van der Waals surface area contributed by atoms with Gasteiger partial charge >= 0.3 is 5.97 Å². The second kappa shape index (κ2) is 5.41. The van der Waals surface area contributed by atoms with Gasteiger partial charge in [0.05, 0.1) is 17.4 Å². The number of carbonyl (C=O) groups is 2. The van der Waals surface area contributed by atoms with Crippen LogP contribution in [0.15, 0.2) is 11.4 Å². The highest BCUT2D eigenvalue weighted by molar-refractivity contribution is 7.14. The van der Waals surface area contributed by atoms with Crippen molar-refractivity contribution in [3.05, 3.63) is 17.0 Å². The Bertz CT molecular complexity index is 546. The van der Waals surface area contributed by atoms with E-state index in [0.717, 1.165) is 0 Å². The van der Waals surface area contributed by atoms with Crippen LogP contribution in [0.2, 0.25) is 0 Å². The average Bonchev–Trinajstić information content (AvgIpc) is 2.95. The van der Waals surface area contributed by atoms with E-state index in [1.807, 2.05) is 13.0 Å². The van der Waals surface area contributed by atoms with Crippen LogP contribution in [0.5, 0.6) is 0 Å². The van der Waals surface area contributed by atoms with Gasteiger partial charge in [0.15, 0.2) is 0 Å². The Morgan fingerprint density at radius 1 is 1.47 bits per heavy atom. The summed E-state index contributed by atoms with van der Waals surface area (Å²) in [6.45, 7) is 1.95. The zero-order valence-electron chi connectivity index (χ0n) is 10.4. The maximum Gasteiger partial charge on any atom is 0.307 e. The third-order valence-corrected chi connectivity index (χ3v) is 4.30. The number of nitrogens with zero attached hydrogens (tertiary/aromatic N) is 1. The van der Waals surface area contributed by atoms with E-state index in [-0.39, 0.29) is 11.8 Å². The van der Waals surface area contributed by atoms with Crippen molar-refractivity contribution in [1.29, 1.82) is 5.26 Å². The lowest BCUT2D eigenvalue weighted by Gasteiger charge is -2.14. The molecule has 19 heavy (non-hydrogen) atoms. The summed E-state index contributed by atoms with van der Waals surface area (Å²) < 4.78 is 0. The molecule has 100 valence electrons. The second-order valence-corrected chi connectivity index (χ2v) is 5.81. The van der Waals surface area contributed by atoms with Gasteiger partial charge in [-0.15, -0.1) is 11.3 Å². The number of nitriles is 1. The van der Waals surface area contributed by atoms with Crippen molar-refractivity contribution in [1.82, 2.24) is 0 Å². The zero-order valence-corrected chi connectivity index (χ0v) is 11.2. The van der Waals surface area contributed by atoms with Gasteiger partial charge in [-0.2, -0.15) is 5.26 Å². The predicted molar refractivity (Wildman–Crippen MR) is 70.7 cm³/mol. The number of carboxylic acids is 1. The highest BCUT2D eigenvalue weighted by Crippen LogP contribution is 2.37. The maximum absolute atomic E-state index is 12.2. The highest BCUT2D eigenvalue weighted by Gasteiger charge is 2.41. The fourth-order valence-corrected chi connectivity index (χ4v) is 3.29. The molecule has 1 saturated carbocycles. The molecule has 0 spiro atoms. The number of aliphatic carboxylic acids is 1. The Morgan fingerprint density at radius 3 is 2.79 bits per heavy atom. The van der Waals surface area contributed by atoms with Crippen molar-refractivity contribution in [3.8, 4) is 6.07 Å². The molecule has 0 saturated heterocycles. The van der Waals surface area contributed by atoms with Gasteiger partial charge in [-0.05, 0) is 30.2 Å². The summed E-state index contributed by atoms with van der Waals surface area (Å²) in [6, 6.07) is 3.62. The maximum atomic E-state index is 12.2. The predicted octanol–water partition coefficient (Wildman–Crippen LogP) is 2.31. The molecule has 3 atom stereocenters. The van der Waals surface area contributed by atoms with Crippen LogP contribution in [-0.4, -0.2) is 17.0 Å². The zero-order chi connectivity index (χ0) is 14.0. The van der Waals surface area contributed by atoms with Crippen molar-refractivity contribution in [3.63, 3.8) is 0 Å². The number of carbonyl (C=O) groups excluding carboxylic acids is 1. The topological polar surface area (TPSA) is 90.2 Å². The van der Waals surface area contributed by atoms with Crippen LogP contribution < -0.4 is 5.32 Å². The minimum absolute atomic E-state index is 0.232. The molecular weight excluding hydrogens is 264 g/mol. The monoisotopic (exact) mass is 278 g/mol. The summed E-state index contributed by atoms with van der Waals surface area (Å²) in [7, 11) is 0. The number of hydrogen-bond acceptors (Lipinski definition) is 4. The summed E-state index contributed by atoms with van der Waals surface area (Å²) in [5.41, 5.74) is 0.413. The van der Waals surface area contributed by atoms with Crippen LogP contribution in [-0.2, 0) is 9.59 Å². The van der Waals surface area contributed by atoms with E-state index in [9.17, 15) is 9.59 Å². The molecule has 1 aliphatic rings. The Hall–Kier alpha value is -1.87. The van der Waals surface area contributed by atoms with Crippen molar-refractivity contribution in [2.45, 2.75) is 19.8 Å². The molecule has 2 rings (SSSR count). The van der Waals surface area contributed by atoms with Gasteiger partial charge < -0.3 is 10.4 Å². The molecule has 0 radical (unpaired) electrons. The van der Waals surface area contributed by atoms with Crippen LogP contribution >= 0.6 is 11.3 Å². The first-order chi connectivity index (χ1) is 9.02. The molecule has 6 heteroatoms. The molecular formula is C13H14N2O3S. The lowest BCUT2D eigenvalue weighted by molar-refractivity contribution is -0.145. The highest BCUT2D eigenvalue weighted by atomic mass is 32.1. The summed E-state index contributed by atoms with van der Waals surface area (Å²) in [5, 5.41) is 22.9. The SMILES string of the molecule is CC1CC(C(=O)O)C(C(=O)Nc2sccc2C#N)C1. The van der Waals surface area contributed by atoms with Gasteiger partial charge in [0.1, 0.15) is 11.1 Å². The van der Waals surface area contributed by atoms with E-state index < -0.39 is 17.8 Å². The first-order valence-electron chi connectivity index (χ1n) is 6.04. The Labute approximate surface area is 114 Å². The first kappa shape index (κ1) is 13.6. The molecule has 2 N–H and O–H groups in total. The summed E-state index contributed by atoms with van der Waals surface area (Å²) in [4.78, 5) is 23.3. The number of nitrogens with one attached hydrogen (secondary N) is 1. The molecule has 1 amide bonds. The molecule has 1 fully saturated rings. The molecule has 1 aliphatic carbocycles. The molecule has 3 unspecified atom stereocenters. The van der Waals surface area contributed by atoms with E-state index in [1.54, 1.807) is 11.4 Å². The van der Waals surface area contributed by atoms with Gasteiger partial charge in [0, 0.05) is 0 Å². The third-order valence-electron chi connectivity index (χ3n) is 3.47. The largest absolute Gasteiger partial charge is 0.481 e. The van der Waals surface area contributed by atoms with Crippen LogP contribution in [0.3, 0.4) is 0 Å². The van der Waals surface area contributed by atoms with Crippen LogP contribution in [0.25, 0.3) is 0 Å². The Kier molecular flexibility index (Phi) is 3.86. The second-order valence-electron chi connectivity index (χ2n) is 4.89. The van der Waals surface area contributed by atoms with E-state index in [0.29, 0.717) is 23.4 Å². The van der Waals surface area contributed by atoms with Crippen LogP contribution in [0.1, 0.15) is 25.3 Å². The summed E-state index contributed by atoms with van der Waals surface area (Å²) in [6.07, 6.45) is 1.11. The number of carboxylic acid groups (broad SMARTS) is 1. The van der Waals surface area contributed by atoms with Crippen LogP contribution in [0.4, 0.5) is 5.00 Å². The third kappa shape index (κ3) is 2.76. The van der Waals surface area contributed by atoms with Crippen molar-refractivity contribution in [2.24, 2.45) is 17.8 Å². The van der Waals surface area contributed by atoms with Gasteiger partial charge in [0.2, 0.25) is 5.91 Å². The molecule has 1 heterocycles. The van der Waals surface area contributed by atoms with Crippen LogP contribution in [0, 0.1) is 29.1 Å². The van der Waals surface area contributed by atoms with E-state index in [4.69, 9.17) is 10.4 Å². The fourth-order valence-electron chi connectivity index (χ4n) is 2.55. The molecule has 0 bridgehead atoms. The molecule has 0 aliphatic heterocycles. The van der Waals surface area contributed by atoms with Crippen molar-refractivity contribution < 1.29 is 14.7 Å². The number of hydrogen-bond donors (Lipinski definition) is 2. The average molecular weight is 278 g/mol. The normalized spacial score (nSPS) is 25.8. The van der Waals surface area contributed by atoms with Gasteiger partial charge in [0.25, 0.3) is 0 Å². The Morgan fingerprint density at radius 2 is 2.16 bits per heavy atom. The minimum Gasteiger partial charge on any atom is -0.481 e. The number of amides is 1. The van der Waals surface area contributed by atoms with Gasteiger partial charge in [-0.1, -0.05) is 6.92 Å². The molecule has 1 aromatic rings.